The van der Waals surface area contributed by atoms with Crippen LogP contribution in [0.2, 0.25) is 0 Å². The summed E-state index contributed by atoms with van der Waals surface area (Å²) in [6.45, 7) is 5.52. The van der Waals surface area contributed by atoms with Gasteiger partial charge in [0.15, 0.2) is 5.96 Å². The Hall–Kier alpha value is -2.49. The fourth-order valence-corrected chi connectivity index (χ4v) is 2.67. The number of hydrogen-bond donors (Lipinski definition) is 2. The van der Waals surface area contributed by atoms with Crippen molar-refractivity contribution in [2.75, 3.05) is 6.54 Å². The maximum Gasteiger partial charge on any atom is 0.191 e. The van der Waals surface area contributed by atoms with E-state index in [1.807, 2.05) is 38.1 Å². The van der Waals surface area contributed by atoms with Crippen molar-refractivity contribution in [3.63, 3.8) is 0 Å². The van der Waals surface area contributed by atoms with Gasteiger partial charge in [0, 0.05) is 25.1 Å². The summed E-state index contributed by atoms with van der Waals surface area (Å²) in [7, 11) is 0. The van der Waals surface area contributed by atoms with Gasteiger partial charge in [-0.05, 0) is 43.7 Å². The van der Waals surface area contributed by atoms with Crippen molar-refractivity contribution in [1.29, 1.82) is 0 Å². The van der Waals surface area contributed by atoms with Crippen LogP contribution in [-0.2, 0) is 13.1 Å². The summed E-state index contributed by atoms with van der Waals surface area (Å²) in [4.78, 5) is 12.9. The summed E-state index contributed by atoms with van der Waals surface area (Å²) in [5.74, 6) is 1.11. The number of halogens is 2. The summed E-state index contributed by atoms with van der Waals surface area (Å²) in [5.41, 5.74) is 2.20. The molecule has 0 saturated heterocycles. The van der Waals surface area contributed by atoms with Crippen LogP contribution in [0.3, 0.4) is 0 Å². The second-order valence-corrected chi connectivity index (χ2v) is 6.00. The van der Waals surface area contributed by atoms with Crippen molar-refractivity contribution >= 4 is 29.9 Å². The highest BCUT2D eigenvalue weighted by molar-refractivity contribution is 14.0. The molecule has 0 aliphatic rings. The van der Waals surface area contributed by atoms with E-state index in [-0.39, 0.29) is 29.8 Å². The van der Waals surface area contributed by atoms with Crippen molar-refractivity contribution in [2.45, 2.75) is 26.9 Å². The molecule has 0 amide bonds. The molecule has 0 aliphatic heterocycles. The van der Waals surface area contributed by atoms with Crippen molar-refractivity contribution in [1.82, 2.24) is 25.2 Å². The van der Waals surface area contributed by atoms with Crippen LogP contribution in [-0.4, -0.2) is 27.0 Å². The molecule has 2 heterocycles. The van der Waals surface area contributed by atoms with Crippen molar-refractivity contribution in [2.24, 2.45) is 4.99 Å². The number of guanidine groups is 1. The van der Waals surface area contributed by atoms with Gasteiger partial charge in [0.25, 0.3) is 0 Å². The Morgan fingerprint density at radius 2 is 2.00 bits per heavy atom. The standard InChI is InChI=1S/C20H23FN6.HI/c1-3-22-20(26-14-17-6-4-5-9-24-17)25-13-16-7-8-19(18(21)12-16)27-11-10-23-15(27)2;/h4-12H,3,13-14H2,1-2H3,(H2,22,25,26);1H. The largest absolute Gasteiger partial charge is 0.357 e. The molecular formula is C20H24FIN6. The average Bonchev–Trinajstić information content (AvgIpc) is 3.10. The van der Waals surface area contributed by atoms with Gasteiger partial charge in [0.1, 0.15) is 11.6 Å². The SMILES string of the molecule is CCNC(=NCc1ccc(-n2ccnc2C)c(F)c1)NCc1ccccn1.I. The molecule has 0 spiro atoms. The van der Waals surface area contributed by atoms with Crippen LogP contribution in [0.4, 0.5) is 4.39 Å². The van der Waals surface area contributed by atoms with Crippen LogP contribution in [0.25, 0.3) is 5.69 Å². The summed E-state index contributed by atoms with van der Waals surface area (Å²) >= 11 is 0. The van der Waals surface area contributed by atoms with Crippen LogP contribution < -0.4 is 10.6 Å². The van der Waals surface area contributed by atoms with Crippen LogP contribution in [0.15, 0.2) is 60.0 Å². The highest BCUT2D eigenvalue weighted by Gasteiger charge is 2.08. The lowest BCUT2D eigenvalue weighted by molar-refractivity contribution is 0.614. The summed E-state index contributed by atoms with van der Waals surface area (Å²) in [6.07, 6.45) is 5.16. The van der Waals surface area contributed by atoms with Gasteiger partial charge in [-0.3, -0.25) is 4.98 Å². The summed E-state index contributed by atoms with van der Waals surface area (Å²) in [6, 6.07) is 10.9. The Morgan fingerprint density at radius 1 is 1.14 bits per heavy atom. The number of rotatable bonds is 6. The van der Waals surface area contributed by atoms with Crippen LogP contribution in [0.1, 0.15) is 24.0 Å². The Kier molecular flexibility index (Phi) is 8.37. The smallest absolute Gasteiger partial charge is 0.191 e. The van der Waals surface area contributed by atoms with Gasteiger partial charge in [-0.1, -0.05) is 12.1 Å². The monoisotopic (exact) mass is 494 g/mol. The molecule has 0 bridgehead atoms. The lowest BCUT2D eigenvalue weighted by Gasteiger charge is -2.11. The van der Waals surface area contributed by atoms with Crippen LogP contribution in [0, 0.1) is 12.7 Å². The predicted octanol–water partition coefficient (Wildman–Crippen LogP) is 3.59. The number of benzene rings is 1. The lowest BCUT2D eigenvalue weighted by Crippen LogP contribution is -2.37. The number of aliphatic imine (C=N–C) groups is 1. The van der Waals surface area contributed by atoms with Gasteiger partial charge >= 0.3 is 0 Å². The van der Waals surface area contributed by atoms with E-state index in [1.54, 1.807) is 29.2 Å². The van der Waals surface area contributed by atoms with E-state index in [4.69, 9.17) is 0 Å². The molecule has 3 aromatic rings. The zero-order chi connectivity index (χ0) is 19.1. The first-order chi connectivity index (χ1) is 13.2. The summed E-state index contributed by atoms with van der Waals surface area (Å²) in [5, 5.41) is 6.42. The fraction of sp³-hybridized carbons (Fsp3) is 0.250. The third-order valence-electron chi connectivity index (χ3n) is 4.02. The van der Waals surface area contributed by atoms with E-state index in [0.29, 0.717) is 24.7 Å². The van der Waals surface area contributed by atoms with E-state index < -0.39 is 0 Å². The molecule has 6 nitrogen and oxygen atoms in total. The van der Waals surface area contributed by atoms with E-state index in [9.17, 15) is 4.39 Å². The molecule has 28 heavy (non-hydrogen) atoms. The minimum Gasteiger partial charge on any atom is -0.357 e. The van der Waals surface area contributed by atoms with E-state index in [2.05, 4.69) is 25.6 Å². The predicted molar refractivity (Wildman–Crippen MR) is 120 cm³/mol. The number of aromatic nitrogens is 3. The van der Waals surface area contributed by atoms with Gasteiger partial charge in [-0.15, -0.1) is 24.0 Å². The van der Waals surface area contributed by atoms with E-state index in [0.717, 1.165) is 23.6 Å². The Balaban J connectivity index is 0.00000280. The molecule has 0 unspecified atom stereocenters. The number of nitrogens with one attached hydrogen (secondary N) is 2. The van der Waals surface area contributed by atoms with Crippen molar-refractivity contribution in [3.05, 3.63) is 77.9 Å². The molecule has 0 aliphatic carbocycles. The van der Waals surface area contributed by atoms with Gasteiger partial charge < -0.3 is 15.2 Å². The van der Waals surface area contributed by atoms with E-state index >= 15 is 0 Å². The zero-order valence-corrected chi connectivity index (χ0v) is 18.2. The Labute approximate surface area is 181 Å². The van der Waals surface area contributed by atoms with Crippen molar-refractivity contribution in [3.8, 4) is 5.69 Å². The highest BCUT2D eigenvalue weighted by Crippen LogP contribution is 2.17. The maximum absolute atomic E-state index is 14.5. The minimum absolute atomic E-state index is 0. The molecular weight excluding hydrogens is 470 g/mol. The molecule has 0 radical (unpaired) electrons. The van der Waals surface area contributed by atoms with Crippen LogP contribution >= 0.6 is 24.0 Å². The van der Waals surface area contributed by atoms with Gasteiger partial charge in [-0.2, -0.15) is 0 Å². The molecule has 148 valence electrons. The molecule has 0 fully saturated rings. The first-order valence-corrected chi connectivity index (χ1v) is 8.88. The highest BCUT2D eigenvalue weighted by atomic mass is 127. The van der Waals surface area contributed by atoms with Gasteiger partial charge in [0.05, 0.1) is 24.5 Å². The zero-order valence-electron chi connectivity index (χ0n) is 15.9. The Morgan fingerprint density at radius 3 is 2.64 bits per heavy atom. The fourth-order valence-electron chi connectivity index (χ4n) is 2.67. The molecule has 0 saturated carbocycles. The van der Waals surface area contributed by atoms with Gasteiger partial charge in [0.2, 0.25) is 0 Å². The number of imidazole rings is 1. The quantitative estimate of drug-likeness (QED) is 0.313. The van der Waals surface area contributed by atoms with E-state index in [1.165, 1.54) is 6.07 Å². The van der Waals surface area contributed by atoms with Crippen molar-refractivity contribution < 1.29 is 4.39 Å². The van der Waals surface area contributed by atoms with Gasteiger partial charge in [-0.25, -0.2) is 14.4 Å². The summed E-state index contributed by atoms with van der Waals surface area (Å²) < 4.78 is 16.2. The number of aryl methyl sites for hydroxylation is 1. The molecule has 2 aromatic heterocycles. The molecule has 8 heteroatoms. The minimum atomic E-state index is -0.296. The molecule has 3 rings (SSSR count). The topological polar surface area (TPSA) is 67.1 Å². The number of nitrogens with zero attached hydrogens (tertiary/aromatic N) is 4. The molecule has 0 atom stereocenters. The third-order valence-corrected chi connectivity index (χ3v) is 4.02. The first kappa shape index (κ1) is 21.8. The Bertz CT molecular complexity index is 910. The first-order valence-electron chi connectivity index (χ1n) is 8.88. The third kappa shape index (κ3) is 5.75. The average molecular weight is 494 g/mol. The number of pyridine rings is 1. The molecule has 2 N–H and O–H groups in total. The second-order valence-electron chi connectivity index (χ2n) is 6.00. The number of hydrogen-bond acceptors (Lipinski definition) is 3. The second kappa shape index (κ2) is 10.7. The normalized spacial score (nSPS) is 11.0. The molecule has 1 aromatic carbocycles. The van der Waals surface area contributed by atoms with Crippen LogP contribution in [0.5, 0.6) is 0 Å². The maximum atomic E-state index is 14.5. The lowest BCUT2D eigenvalue weighted by atomic mass is 10.2.